The summed E-state index contributed by atoms with van der Waals surface area (Å²) >= 11 is 0. The fourth-order valence-corrected chi connectivity index (χ4v) is 3.62. The lowest BCUT2D eigenvalue weighted by Gasteiger charge is -2.19. The summed E-state index contributed by atoms with van der Waals surface area (Å²) in [6.45, 7) is 4.57. The van der Waals surface area contributed by atoms with Gasteiger partial charge in [-0.2, -0.15) is 0 Å². The van der Waals surface area contributed by atoms with Crippen LogP contribution in [0.2, 0.25) is 0 Å². The van der Waals surface area contributed by atoms with Crippen LogP contribution in [0.3, 0.4) is 0 Å². The van der Waals surface area contributed by atoms with Crippen molar-refractivity contribution >= 4 is 11.0 Å². The number of nitrogens with zero attached hydrogens (tertiary/aromatic N) is 1. The van der Waals surface area contributed by atoms with Gasteiger partial charge in [-0.3, -0.25) is 0 Å². The van der Waals surface area contributed by atoms with Crippen LogP contribution in [0.4, 0.5) is 4.39 Å². The van der Waals surface area contributed by atoms with Gasteiger partial charge >= 0.3 is 0 Å². The molecule has 0 amide bonds. The summed E-state index contributed by atoms with van der Waals surface area (Å²) in [7, 11) is 0. The first kappa shape index (κ1) is 15.4. The van der Waals surface area contributed by atoms with E-state index in [2.05, 4.69) is 24.0 Å². The third-order valence-electron chi connectivity index (χ3n) is 5.08. The Kier molecular flexibility index (Phi) is 4.11. The first-order valence-electron chi connectivity index (χ1n) is 8.71. The number of rotatable bonds is 4. The van der Waals surface area contributed by atoms with Crippen LogP contribution in [0.1, 0.15) is 25.5 Å². The van der Waals surface area contributed by atoms with Gasteiger partial charge in [0.1, 0.15) is 17.2 Å². The molecule has 1 fully saturated rings. The highest BCUT2D eigenvalue weighted by Gasteiger charge is 2.20. The van der Waals surface area contributed by atoms with E-state index in [1.807, 2.05) is 24.3 Å². The fraction of sp³-hybridized carbons (Fsp3) is 0.333. The van der Waals surface area contributed by atoms with E-state index >= 15 is 0 Å². The van der Waals surface area contributed by atoms with E-state index in [1.54, 1.807) is 0 Å². The van der Waals surface area contributed by atoms with Crippen LogP contribution in [-0.4, -0.2) is 24.0 Å². The van der Waals surface area contributed by atoms with Crippen molar-refractivity contribution in [3.05, 3.63) is 60.1 Å². The molecule has 24 heavy (non-hydrogen) atoms. The molecule has 124 valence electrons. The highest BCUT2D eigenvalue weighted by Crippen LogP contribution is 2.27. The van der Waals surface area contributed by atoms with Gasteiger partial charge in [-0.25, -0.2) is 4.39 Å². The SMILES string of the molecule is CC1CCCN1CCc1cc2cc(-c3ccc(F)cc3)ccc2o1. The molecule has 1 atom stereocenters. The van der Waals surface area contributed by atoms with E-state index in [-0.39, 0.29) is 5.82 Å². The van der Waals surface area contributed by atoms with Gasteiger partial charge in [-0.05, 0) is 67.8 Å². The molecule has 1 aliphatic rings. The lowest BCUT2D eigenvalue weighted by Crippen LogP contribution is -2.28. The molecule has 0 radical (unpaired) electrons. The van der Waals surface area contributed by atoms with E-state index in [9.17, 15) is 4.39 Å². The van der Waals surface area contributed by atoms with Crippen LogP contribution < -0.4 is 0 Å². The lowest BCUT2D eigenvalue weighted by molar-refractivity contribution is 0.266. The summed E-state index contributed by atoms with van der Waals surface area (Å²) in [5, 5.41) is 1.11. The third kappa shape index (κ3) is 3.09. The van der Waals surface area contributed by atoms with Gasteiger partial charge in [0.2, 0.25) is 0 Å². The molecule has 1 unspecified atom stereocenters. The van der Waals surface area contributed by atoms with Crippen molar-refractivity contribution in [3.63, 3.8) is 0 Å². The number of fused-ring (bicyclic) bond motifs is 1. The third-order valence-corrected chi connectivity index (χ3v) is 5.08. The van der Waals surface area contributed by atoms with Crippen molar-refractivity contribution in [1.29, 1.82) is 0 Å². The second-order valence-electron chi connectivity index (χ2n) is 6.75. The topological polar surface area (TPSA) is 16.4 Å². The van der Waals surface area contributed by atoms with Crippen LogP contribution in [0.25, 0.3) is 22.1 Å². The number of likely N-dealkylation sites (tertiary alicyclic amines) is 1. The zero-order valence-corrected chi connectivity index (χ0v) is 14.0. The molecule has 1 saturated heterocycles. The van der Waals surface area contributed by atoms with Crippen LogP contribution in [0.15, 0.2) is 52.9 Å². The van der Waals surface area contributed by atoms with Gasteiger partial charge < -0.3 is 9.32 Å². The quantitative estimate of drug-likeness (QED) is 0.650. The molecule has 2 nitrogen and oxygen atoms in total. The van der Waals surface area contributed by atoms with Gasteiger partial charge in [-0.1, -0.05) is 18.2 Å². The Morgan fingerprint density at radius 2 is 1.88 bits per heavy atom. The largest absolute Gasteiger partial charge is 0.461 e. The molecule has 0 aliphatic carbocycles. The Morgan fingerprint density at radius 3 is 2.62 bits per heavy atom. The van der Waals surface area contributed by atoms with Crippen molar-refractivity contribution in [2.24, 2.45) is 0 Å². The maximum Gasteiger partial charge on any atom is 0.134 e. The molecule has 2 aromatic carbocycles. The normalized spacial score (nSPS) is 18.5. The first-order chi connectivity index (χ1) is 11.7. The highest BCUT2D eigenvalue weighted by atomic mass is 19.1. The Hall–Kier alpha value is -2.13. The lowest BCUT2D eigenvalue weighted by atomic mass is 10.0. The van der Waals surface area contributed by atoms with Gasteiger partial charge in [0, 0.05) is 24.4 Å². The molecular weight excluding hydrogens is 301 g/mol. The van der Waals surface area contributed by atoms with Crippen LogP contribution in [0, 0.1) is 5.82 Å². The van der Waals surface area contributed by atoms with Crippen LogP contribution >= 0.6 is 0 Å². The van der Waals surface area contributed by atoms with E-state index in [4.69, 9.17) is 4.42 Å². The summed E-state index contributed by atoms with van der Waals surface area (Å²) in [6.07, 6.45) is 3.56. The molecule has 3 aromatic rings. The Morgan fingerprint density at radius 1 is 1.08 bits per heavy atom. The van der Waals surface area contributed by atoms with Crippen LogP contribution in [-0.2, 0) is 6.42 Å². The molecule has 0 saturated carbocycles. The molecule has 4 rings (SSSR count). The fourth-order valence-electron chi connectivity index (χ4n) is 3.62. The average molecular weight is 323 g/mol. The second kappa shape index (κ2) is 6.40. The monoisotopic (exact) mass is 323 g/mol. The van der Waals surface area contributed by atoms with Crippen molar-refractivity contribution in [3.8, 4) is 11.1 Å². The highest BCUT2D eigenvalue weighted by molar-refractivity contribution is 5.84. The standard InChI is InChI=1S/C21H22FNO/c1-15-3-2-11-23(15)12-10-20-14-18-13-17(6-9-21(18)24-20)16-4-7-19(22)8-5-16/h4-9,13-15H,2-3,10-12H2,1H3. The number of benzene rings is 2. The van der Waals surface area contributed by atoms with Crippen LogP contribution in [0.5, 0.6) is 0 Å². The Bertz CT molecular complexity index is 837. The Labute approximate surface area is 141 Å². The molecule has 0 bridgehead atoms. The van der Waals surface area contributed by atoms with E-state index in [0.717, 1.165) is 40.8 Å². The number of furan rings is 1. The maximum absolute atomic E-state index is 13.1. The first-order valence-corrected chi connectivity index (χ1v) is 8.71. The molecular formula is C21H22FNO. The zero-order valence-electron chi connectivity index (χ0n) is 14.0. The minimum Gasteiger partial charge on any atom is -0.461 e. The van der Waals surface area contributed by atoms with E-state index in [1.165, 1.54) is 31.5 Å². The summed E-state index contributed by atoms with van der Waals surface area (Å²) < 4.78 is 19.1. The van der Waals surface area contributed by atoms with Crippen molar-refractivity contribution in [2.75, 3.05) is 13.1 Å². The Balaban J connectivity index is 1.53. The molecule has 2 heterocycles. The van der Waals surface area contributed by atoms with Crippen molar-refractivity contribution < 1.29 is 8.81 Å². The van der Waals surface area contributed by atoms with Gasteiger partial charge in [0.05, 0.1) is 0 Å². The molecule has 0 N–H and O–H groups in total. The summed E-state index contributed by atoms with van der Waals surface area (Å²) in [6, 6.07) is 15.6. The summed E-state index contributed by atoms with van der Waals surface area (Å²) in [5.74, 6) is 0.835. The van der Waals surface area contributed by atoms with Gasteiger partial charge in [0.25, 0.3) is 0 Å². The summed E-state index contributed by atoms with van der Waals surface area (Å²) in [5.41, 5.74) is 3.03. The number of hydrogen-bond acceptors (Lipinski definition) is 2. The minimum absolute atomic E-state index is 0.207. The maximum atomic E-state index is 13.1. The summed E-state index contributed by atoms with van der Waals surface area (Å²) in [4.78, 5) is 2.54. The molecule has 1 aromatic heterocycles. The van der Waals surface area contributed by atoms with Crippen molar-refractivity contribution in [1.82, 2.24) is 4.90 Å². The zero-order chi connectivity index (χ0) is 16.5. The minimum atomic E-state index is -0.207. The molecule has 3 heteroatoms. The molecule has 1 aliphatic heterocycles. The smallest absolute Gasteiger partial charge is 0.134 e. The van der Waals surface area contributed by atoms with E-state index < -0.39 is 0 Å². The predicted molar refractivity (Wildman–Crippen MR) is 95.6 cm³/mol. The average Bonchev–Trinajstić information content (AvgIpc) is 3.18. The van der Waals surface area contributed by atoms with Crippen molar-refractivity contribution in [2.45, 2.75) is 32.2 Å². The van der Waals surface area contributed by atoms with E-state index in [0.29, 0.717) is 6.04 Å². The second-order valence-corrected chi connectivity index (χ2v) is 6.75. The van der Waals surface area contributed by atoms with Gasteiger partial charge in [-0.15, -0.1) is 0 Å². The number of halogens is 1. The predicted octanol–water partition coefficient (Wildman–Crippen LogP) is 5.27. The molecule has 0 spiro atoms. The number of hydrogen-bond donors (Lipinski definition) is 0. The van der Waals surface area contributed by atoms with Gasteiger partial charge in [0.15, 0.2) is 0 Å².